The van der Waals surface area contributed by atoms with E-state index in [4.69, 9.17) is 4.84 Å². The van der Waals surface area contributed by atoms with E-state index in [1.54, 1.807) is 24.4 Å². The number of alkyl halides is 2. The highest BCUT2D eigenvalue weighted by Gasteiger charge is 2.07. The molecule has 0 aliphatic carbocycles. The largest absolute Gasteiger partial charge is 0.434 e. The molecule has 3 rings (SSSR count). The Labute approximate surface area is 137 Å². The summed E-state index contributed by atoms with van der Waals surface area (Å²) < 4.78 is 29.1. The van der Waals surface area contributed by atoms with Gasteiger partial charge >= 0.3 is 6.61 Å². The number of nitrogens with zero attached hydrogens (tertiary/aromatic N) is 2. The number of hydrogen-bond donors (Lipinski definition) is 0. The summed E-state index contributed by atoms with van der Waals surface area (Å²) in [4.78, 5) is 9.61. The van der Waals surface area contributed by atoms with Gasteiger partial charge in [-0.25, -0.2) is 0 Å². The normalized spacial score (nSPS) is 11.3. The van der Waals surface area contributed by atoms with Gasteiger partial charge in [-0.2, -0.15) is 8.78 Å². The lowest BCUT2D eigenvalue weighted by molar-refractivity contribution is -0.0499. The number of benzene rings is 2. The van der Waals surface area contributed by atoms with Crippen molar-refractivity contribution in [2.75, 3.05) is 0 Å². The van der Waals surface area contributed by atoms with Crippen molar-refractivity contribution in [3.05, 3.63) is 71.9 Å². The van der Waals surface area contributed by atoms with E-state index in [0.717, 1.165) is 16.5 Å². The maximum absolute atomic E-state index is 12.4. The van der Waals surface area contributed by atoms with Crippen molar-refractivity contribution in [3.8, 4) is 5.75 Å². The summed E-state index contributed by atoms with van der Waals surface area (Å²) in [6, 6.07) is 16.0. The van der Waals surface area contributed by atoms with Crippen molar-refractivity contribution in [3.63, 3.8) is 0 Å². The maximum Gasteiger partial charge on any atom is 0.387 e. The van der Waals surface area contributed by atoms with Gasteiger partial charge < -0.3 is 9.57 Å². The second-order valence-corrected chi connectivity index (χ2v) is 4.92. The van der Waals surface area contributed by atoms with Gasteiger partial charge in [0.25, 0.3) is 0 Å². The first-order valence-corrected chi connectivity index (χ1v) is 7.26. The summed E-state index contributed by atoms with van der Waals surface area (Å²) in [5.74, 6) is 0.0478. The molecule has 6 heteroatoms. The molecule has 1 aromatic heterocycles. The van der Waals surface area contributed by atoms with Crippen molar-refractivity contribution in [2.24, 2.45) is 5.16 Å². The fourth-order valence-corrected chi connectivity index (χ4v) is 2.28. The molecule has 4 nitrogen and oxygen atoms in total. The van der Waals surface area contributed by atoms with Crippen LogP contribution in [0.4, 0.5) is 8.78 Å². The zero-order valence-corrected chi connectivity index (χ0v) is 12.6. The zero-order chi connectivity index (χ0) is 16.8. The fraction of sp³-hybridized carbons (Fsp3) is 0.111. The molecule has 0 aliphatic rings. The number of pyridine rings is 1. The minimum Gasteiger partial charge on any atom is -0.434 e. The molecule has 0 spiro atoms. The van der Waals surface area contributed by atoms with E-state index in [1.807, 2.05) is 30.3 Å². The number of rotatable bonds is 6. The maximum atomic E-state index is 12.4. The second-order valence-electron chi connectivity index (χ2n) is 4.92. The molecule has 0 N–H and O–H groups in total. The molecule has 24 heavy (non-hydrogen) atoms. The van der Waals surface area contributed by atoms with Gasteiger partial charge in [0.05, 0.1) is 11.7 Å². The van der Waals surface area contributed by atoms with Gasteiger partial charge in [0.1, 0.15) is 12.4 Å². The number of para-hydroxylation sites is 2. The third-order valence-corrected chi connectivity index (χ3v) is 3.34. The van der Waals surface area contributed by atoms with E-state index in [9.17, 15) is 8.78 Å². The van der Waals surface area contributed by atoms with Crippen molar-refractivity contribution < 1.29 is 18.4 Å². The summed E-state index contributed by atoms with van der Waals surface area (Å²) in [6.45, 7) is -2.66. The molecule has 0 radical (unpaired) electrons. The third kappa shape index (κ3) is 3.84. The zero-order valence-electron chi connectivity index (χ0n) is 12.6. The van der Waals surface area contributed by atoms with E-state index < -0.39 is 6.61 Å². The average Bonchev–Trinajstić information content (AvgIpc) is 2.59. The molecule has 122 valence electrons. The first-order chi connectivity index (χ1) is 11.7. The Morgan fingerprint density at radius 3 is 2.75 bits per heavy atom. The Bertz CT molecular complexity index is 848. The van der Waals surface area contributed by atoms with Crippen LogP contribution in [-0.2, 0) is 11.4 Å². The number of halogens is 2. The second kappa shape index (κ2) is 7.50. The number of ether oxygens (including phenoxy) is 1. The molecular weight excluding hydrogens is 314 g/mol. The Morgan fingerprint density at radius 1 is 1.04 bits per heavy atom. The molecule has 0 fully saturated rings. The van der Waals surface area contributed by atoms with Crippen LogP contribution in [-0.4, -0.2) is 17.8 Å². The Balaban J connectivity index is 1.69. The van der Waals surface area contributed by atoms with Crippen LogP contribution in [0.3, 0.4) is 0 Å². The van der Waals surface area contributed by atoms with Crippen LogP contribution in [0.25, 0.3) is 10.9 Å². The minimum atomic E-state index is -2.89. The summed E-state index contributed by atoms with van der Waals surface area (Å²) in [5.41, 5.74) is 2.15. The Morgan fingerprint density at radius 2 is 1.88 bits per heavy atom. The summed E-state index contributed by atoms with van der Waals surface area (Å²) in [5, 5.41) is 4.85. The van der Waals surface area contributed by atoms with Gasteiger partial charge in [-0.05, 0) is 18.2 Å². The molecule has 0 aliphatic heterocycles. The highest BCUT2D eigenvalue weighted by molar-refractivity contribution is 5.83. The van der Waals surface area contributed by atoms with Crippen LogP contribution in [0.2, 0.25) is 0 Å². The highest BCUT2D eigenvalue weighted by atomic mass is 19.3. The molecule has 0 saturated carbocycles. The average molecular weight is 328 g/mol. The van der Waals surface area contributed by atoms with Crippen LogP contribution >= 0.6 is 0 Å². The van der Waals surface area contributed by atoms with Crippen LogP contribution < -0.4 is 4.74 Å². The van der Waals surface area contributed by atoms with Crippen LogP contribution in [0, 0.1) is 0 Å². The number of aromatic nitrogens is 1. The molecule has 0 unspecified atom stereocenters. The van der Waals surface area contributed by atoms with Gasteiger partial charge in [0, 0.05) is 22.7 Å². The number of oxime groups is 1. The SMILES string of the molecule is FC(F)Oc1ccccc1/C=N/OCc1cccc2cccnc12. The Hall–Kier alpha value is -3.02. The van der Waals surface area contributed by atoms with Gasteiger partial charge in [0.15, 0.2) is 0 Å². The molecule has 0 atom stereocenters. The number of hydrogen-bond acceptors (Lipinski definition) is 4. The third-order valence-electron chi connectivity index (χ3n) is 3.34. The topological polar surface area (TPSA) is 43.7 Å². The highest BCUT2D eigenvalue weighted by Crippen LogP contribution is 2.19. The van der Waals surface area contributed by atoms with Gasteiger partial charge in [-0.3, -0.25) is 4.98 Å². The number of fused-ring (bicyclic) bond motifs is 1. The van der Waals surface area contributed by atoms with Gasteiger partial charge in [-0.15, -0.1) is 0 Å². The fourth-order valence-electron chi connectivity index (χ4n) is 2.28. The van der Waals surface area contributed by atoms with Crippen LogP contribution in [0.5, 0.6) is 5.75 Å². The lowest BCUT2D eigenvalue weighted by Crippen LogP contribution is -2.04. The standard InChI is InChI=1S/C18H14F2N2O2/c19-18(20)24-16-9-2-1-5-14(16)11-22-23-12-15-7-3-6-13-8-4-10-21-17(13)15/h1-11,18H,12H2/b22-11+. The van der Waals surface area contributed by atoms with Crippen LogP contribution in [0.1, 0.15) is 11.1 Å². The van der Waals surface area contributed by atoms with E-state index in [1.165, 1.54) is 12.3 Å². The first kappa shape index (κ1) is 15.9. The van der Waals surface area contributed by atoms with E-state index >= 15 is 0 Å². The monoisotopic (exact) mass is 328 g/mol. The Kier molecular flexibility index (Phi) is 4.96. The molecule has 0 amide bonds. The van der Waals surface area contributed by atoms with Gasteiger partial charge in [0.2, 0.25) is 0 Å². The minimum absolute atomic E-state index is 0.0478. The predicted octanol–water partition coefficient (Wildman–Crippen LogP) is 4.39. The van der Waals surface area contributed by atoms with E-state index in [0.29, 0.717) is 5.56 Å². The molecule has 1 heterocycles. The van der Waals surface area contributed by atoms with E-state index in [2.05, 4.69) is 14.9 Å². The first-order valence-electron chi connectivity index (χ1n) is 7.26. The molecule has 3 aromatic rings. The summed E-state index contributed by atoms with van der Waals surface area (Å²) >= 11 is 0. The van der Waals surface area contributed by atoms with E-state index in [-0.39, 0.29) is 12.4 Å². The summed E-state index contributed by atoms with van der Waals surface area (Å²) in [7, 11) is 0. The lowest BCUT2D eigenvalue weighted by Gasteiger charge is -2.07. The summed E-state index contributed by atoms with van der Waals surface area (Å²) in [6.07, 6.45) is 3.06. The smallest absolute Gasteiger partial charge is 0.387 e. The van der Waals surface area contributed by atoms with Crippen LogP contribution in [0.15, 0.2) is 65.9 Å². The van der Waals surface area contributed by atoms with Crippen molar-refractivity contribution in [1.29, 1.82) is 0 Å². The van der Waals surface area contributed by atoms with Crippen molar-refractivity contribution in [2.45, 2.75) is 13.2 Å². The molecular formula is C18H14F2N2O2. The van der Waals surface area contributed by atoms with Crippen molar-refractivity contribution >= 4 is 17.1 Å². The predicted molar refractivity (Wildman–Crippen MR) is 87.2 cm³/mol. The van der Waals surface area contributed by atoms with Crippen molar-refractivity contribution in [1.82, 2.24) is 4.98 Å². The molecule has 2 aromatic carbocycles. The molecule has 0 saturated heterocycles. The quantitative estimate of drug-likeness (QED) is 0.498. The van der Waals surface area contributed by atoms with Gasteiger partial charge in [-0.1, -0.05) is 41.6 Å². The lowest BCUT2D eigenvalue weighted by atomic mass is 10.1. The molecule has 0 bridgehead atoms.